The van der Waals surface area contributed by atoms with Crippen molar-refractivity contribution in [3.63, 3.8) is 0 Å². The van der Waals surface area contributed by atoms with Crippen molar-refractivity contribution in [1.82, 2.24) is 23.6 Å². The molecule has 10 rings (SSSR count). The number of alkyl halides is 3. The van der Waals surface area contributed by atoms with E-state index in [1.165, 1.54) is 42.5 Å². The minimum atomic E-state index is -4.63. The second kappa shape index (κ2) is 39.4. The summed E-state index contributed by atoms with van der Waals surface area (Å²) in [7, 11) is -20.7. The average Bonchev–Trinajstić information content (AvgIpc) is 0.789. The van der Waals surface area contributed by atoms with E-state index in [9.17, 15) is 141 Å². The second-order valence-corrected chi connectivity index (χ2v) is 32.7. The lowest BCUT2D eigenvalue weighted by Crippen LogP contribution is -2.42. The number of phenols is 9. The first kappa shape index (κ1) is 90.8. The molecule has 606 valence electrons. The number of aliphatic carboxylic acids is 4. The number of carboxylic acid groups (broad SMARTS) is 4. The molecule has 18 N–H and O–H groups in total. The van der Waals surface area contributed by atoms with E-state index in [1.54, 1.807) is 104 Å². The third-order valence-corrected chi connectivity index (χ3v) is 22.9. The molecule has 32 nitrogen and oxygen atoms in total. The first-order valence-electron chi connectivity index (χ1n) is 32.1. The summed E-state index contributed by atoms with van der Waals surface area (Å²) >= 11 is 5.51. The lowest BCUT2D eigenvalue weighted by atomic mass is 10.1. The van der Waals surface area contributed by atoms with Gasteiger partial charge in [0.05, 0.1) is 35.1 Å². The fourth-order valence-electron chi connectivity index (χ4n) is 9.43. The maximum atomic E-state index is 12.8. The van der Waals surface area contributed by atoms with Gasteiger partial charge in [-0.2, -0.15) is 32.1 Å². The zero-order valence-corrected chi connectivity index (χ0v) is 63.3. The Morgan fingerprint density at radius 2 is 0.632 bits per heavy atom. The van der Waals surface area contributed by atoms with Crippen molar-refractivity contribution in [2.45, 2.75) is 81.1 Å². The summed E-state index contributed by atoms with van der Waals surface area (Å²) < 4.78 is 171. The molecule has 0 radical (unpaired) electrons. The monoisotopic (exact) mass is 1700 g/mol. The van der Waals surface area contributed by atoms with Crippen molar-refractivity contribution < 1.29 is 141 Å². The minimum Gasteiger partial charge on any atom is -0.508 e. The van der Waals surface area contributed by atoms with E-state index in [2.05, 4.69) is 23.6 Å². The van der Waals surface area contributed by atoms with Crippen molar-refractivity contribution in [2.75, 3.05) is 0 Å². The van der Waals surface area contributed by atoms with E-state index in [1.807, 2.05) is 0 Å². The molecule has 0 aliphatic carbocycles. The second-order valence-electron chi connectivity index (χ2n) is 23.7. The van der Waals surface area contributed by atoms with Gasteiger partial charge in [-0.25, -0.2) is 46.8 Å². The zero-order chi connectivity index (χ0) is 84.8. The van der Waals surface area contributed by atoms with Crippen LogP contribution in [0, 0.1) is 6.92 Å². The third kappa shape index (κ3) is 26.5. The number of nitrogens with one attached hydrogen (secondary N) is 5. The maximum absolute atomic E-state index is 12.8. The molecule has 0 heterocycles. The normalized spacial score (nSPS) is 12.6. The van der Waals surface area contributed by atoms with Crippen molar-refractivity contribution in [1.29, 1.82) is 0 Å². The van der Waals surface area contributed by atoms with Crippen LogP contribution in [0.25, 0.3) is 0 Å². The number of rotatable bonds is 26. The van der Waals surface area contributed by atoms with Crippen molar-refractivity contribution >= 4 is 85.6 Å². The van der Waals surface area contributed by atoms with Crippen LogP contribution < -0.4 is 23.6 Å². The number of hydrogen-bond donors (Lipinski definition) is 18. The summed E-state index contributed by atoms with van der Waals surface area (Å²) in [5.74, 6) is -9.89. The van der Waals surface area contributed by atoms with Crippen molar-refractivity contribution in [3.8, 4) is 51.7 Å². The van der Waals surface area contributed by atoms with Gasteiger partial charge in [-0.15, -0.1) is 0 Å². The number of phenolic OH excluding ortho intramolecular Hbond substituents is 9. The standard InChI is InChI=1S/C15H13ClF3NO3S.2C15H15NO6S.2C14H13NO6S/c1-9-2-4-11(7-14(9)21)24(22,23)20-8-10-3-5-13(16)12(6-10)15(17,18)19;2*17-13-7-6-11(9-14(13)18)23(21,22)16-12(15(19)20)8-10-4-2-1-3-5-10;2*16-11-7-6-10(8-12(11)17)22(20,21)15-13(14(18)19)9-4-2-1-3-5-9/h2-7,20-21H,8H2,1H3;2*1-7,9,12,16-18H,8H2,(H,19,20);2*1-8,13,15-17H,(H,18,19)/t;2*12-;2*13-/m.1010/s1. The van der Waals surface area contributed by atoms with Crippen LogP contribution in [0.15, 0.2) is 255 Å². The molecular formula is C73H69ClF3N5O27S5. The molecule has 41 heteroatoms. The summed E-state index contributed by atoms with van der Waals surface area (Å²) in [5, 5.41) is 120. The Labute approximate surface area is 653 Å². The molecule has 0 aliphatic rings. The highest BCUT2D eigenvalue weighted by Crippen LogP contribution is 2.36. The number of halogens is 4. The van der Waals surface area contributed by atoms with E-state index >= 15 is 0 Å². The SMILES string of the molecule is Cc1ccc(S(=O)(=O)NCc2ccc(Cl)c(C(F)(F)F)c2)cc1O.O=C(O)[C@@H](Cc1ccccc1)NS(=O)(=O)c1ccc(O)c(O)c1.O=C(O)[C@@H](NS(=O)(=O)c1ccc(O)c(O)c1)c1ccccc1.O=C(O)[C@H](Cc1ccccc1)NS(=O)(=O)c1ccc(O)c(O)c1.O=C(O)[C@H](NS(=O)(=O)c1ccc(O)c(O)c1)c1ccccc1. The fourth-order valence-corrected chi connectivity index (χ4v) is 15.5. The zero-order valence-electron chi connectivity index (χ0n) is 58.5. The van der Waals surface area contributed by atoms with E-state index in [0.717, 1.165) is 91.0 Å². The number of sulfonamides is 5. The van der Waals surface area contributed by atoms with Crippen LogP contribution in [0.1, 0.15) is 51.0 Å². The quantitative estimate of drug-likeness (QED) is 0.0226. The van der Waals surface area contributed by atoms with Crippen LogP contribution in [-0.4, -0.2) is 144 Å². The lowest BCUT2D eigenvalue weighted by molar-refractivity contribution is -0.140. The van der Waals surface area contributed by atoms with Gasteiger partial charge in [-0.05, 0) is 120 Å². The van der Waals surface area contributed by atoms with Gasteiger partial charge >= 0.3 is 30.1 Å². The molecule has 0 aromatic heterocycles. The first-order chi connectivity index (χ1) is 53.2. The van der Waals surface area contributed by atoms with E-state index in [-0.39, 0.29) is 66.3 Å². The summed E-state index contributed by atoms with van der Waals surface area (Å²) in [6.45, 7) is 1.25. The topological polar surface area (TPSA) is 562 Å². The van der Waals surface area contributed by atoms with Gasteiger partial charge in [0.25, 0.3) is 0 Å². The number of aromatic hydroxyl groups is 9. The molecule has 0 amide bonds. The predicted octanol–water partition coefficient (Wildman–Crippen LogP) is 8.40. The van der Waals surface area contributed by atoms with Crippen LogP contribution in [-0.2, 0) is 94.9 Å². The van der Waals surface area contributed by atoms with Gasteiger partial charge in [0.1, 0.15) is 29.9 Å². The number of hydrogen-bond acceptors (Lipinski definition) is 23. The number of carboxylic acids is 4. The van der Waals surface area contributed by atoms with Gasteiger partial charge in [0.15, 0.2) is 46.0 Å². The summed E-state index contributed by atoms with van der Waals surface area (Å²) in [6.07, 6.45) is -4.69. The first-order valence-corrected chi connectivity index (χ1v) is 39.9. The van der Waals surface area contributed by atoms with Crippen molar-refractivity contribution in [2.24, 2.45) is 0 Å². The van der Waals surface area contributed by atoms with Crippen LogP contribution in [0.2, 0.25) is 5.02 Å². The molecule has 0 spiro atoms. The van der Waals surface area contributed by atoms with Crippen LogP contribution in [0.3, 0.4) is 0 Å². The number of carbonyl (C=O) groups is 4. The Morgan fingerprint density at radius 3 is 0.921 bits per heavy atom. The molecule has 10 aromatic carbocycles. The van der Waals surface area contributed by atoms with Gasteiger partial charge in [0.2, 0.25) is 50.1 Å². The molecule has 0 unspecified atom stereocenters. The largest absolute Gasteiger partial charge is 0.508 e. The predicted molar refractivity (Wildman–Crippen MR) is 400 cm³/mol. The molecule has 0 bridgehead atoms. The molecular weight excluding hydrogens is 1630 g/mol. The van der Waals surface area contributed by atoms with Gasteiger partial charge in [-0.1, -0.05) is 145 Å². The lowest BCUT2D eigenvalue weighted by Gasteiger charge is -2.15. The summed E-state index contributed by atoms with van der Waals surface area (Å²) in [5.41, 5.74) is 1.43. The van der Waals surface area contributed by atoms with Gasteiger partial charge in [-0.3, -0.25) is 19.2 Å². The highest BCUT2D eigenvalue weighted by molar-refractivity contribution is 7.90. The Morgan fingerprint density at radius 1 is 0.342 bits per heavy atom. The Bertz CT molecular complexity index is 5400. The average molecular weight is 1700 g/mol. The fraction of sp³-hybridized carbons (Fsp3) is 0.123. The highest BCUT2D eigenvalue weighted by atomic mass is 35.5. The van der Waals surface area contributed by atoms with E-state index in [0.29, 0.717) is 16.7 Å². The molecule has 114 heavy (non-hydrogen) atoms. The van der Waals surface area contributed by atoms with Crippen LogP contribution in [0.5, 0.6) is 51.7 Å². The van der Waals surface area contributed by atoms with Crippen LogP contribution in [0.4, 0.5) is 13.2 Å². The van der Waals surface area contributed by atoms with Crippen molar-refractivity contribution in [3.05, 3.63) is 274 Å². The molecule has 0 aliphatic heterocycles. The molecule has 0 saturated heterocycles. The Kier molecular flexibility index (Phi) is 31.4. The maximum Gasteiger partial charge on any atom is 0.417 e. The van der Waals surface area contributed by atoms with Gasteiger partial charge < -0.3 is 66.4 Å². The Balaban J connectivity index is 0.000000222. The Hall–Kier alpha value is -12.1. The van der Waals surface area contributed by atoms with E-state index < -0.39 is 161 Å². The smallest absolute Gasteiger partial charge is 0.417 e. The number of benzene rings is 10. The van der Waals surface area contributed by atoms with E-state index in [4.69, 9.17) is 11.6 Å². The molecule has 0 saturated carbocycles. The highest BCUT2D eigenvalue weighted by Gasteiger charge is 2.35. The minimum absolute atomic E-state index is 0.0283. The molecule has 10 aromatic rings. The third-order valence-electron chi connectivity index (χ3n) is 15.4. The molecule has 0 fully saturated rings. The van der Waals surface area contributed by atoms with Gasteiger partial charge in [0, 0.05) is 36.9 Å². The number of aryl methyl sites for hydroxylation is 1. The van der Waals surface area contributed by atoms with Crippen LogP contribution >= 0.6 is 11.6 Å². The summed E-state index contributed by atoms with van der Waals surface area (Å²) in [6, 6.07) is 45.7. The summed E-state index contributed by atoms with van der Waals surface area (Å²) in [4.78, 5) is 43.7. The molecule has 4 atom stereocenters.